The van der Waals surface area contributed by atoms with Gasteiger partial charge in [-0.05, 0) is 60.2 Å². The molecule has 2 aromatic carbocycles. The number of aromatic amines is 1. The Morgan fingerprint density at radius 3 is 2.29 bits per heavy atom. The first kappa shape index (κ1) is 26.9. The Bertz CT molecular complexity index is 975. The molecule has 0 aliphatic heterocycles. The third-order valence-corrected chi connectivity index (χ3v) is 5.29. The molecule has 0 radical (unpaired) electrons. The van der Waals surface area contributed by atoms with E-state index in [1.807, 2.05) is 24.3 Å². The van der Waals surface area contributed by atoms with Gasteiger partial charge in [0.25, 0.3) is 5.91 Å². The van der Waals surface area contributed by atoms with Crippen molar-refractivity contribution in [1.82, 2.24) is 10.3 Å². The molecule has 3 rings (SSSR count). The molecule has 0 aliphatic rings. The van der Waals surface area contributed by atoms with Crippen molar-refractivity contribution in [2.75, 3.05) is 6.54 Å². The molecule has 2 atom stereocenters. The molecule has 31 heavy (non-hydrogen) atoms. The highest BCUT2D eigenvalue weighted by atomic mass is 35.5. The predicted octanol–water partition coefficient (Wildman–Crippen LogP) is 4.64. The smallest absolute Gasteiger partial charge is 0.267 e. The summed E-state index contributed by atoms with van der Waals surface area (Å²) >= 11 is 0. The maximum absolute atomic E-state index is 13.1. The van der Waals surface area contributed by atoms with E-state index >= 15 is 0 Å². The van der Waals surface area contributed by atoms with Crippen LogP contribution in [0.2, 0.25) is 0 Å². The maximum Gasteiger partial charge on any atom is 0.267 e. The Morgan fingerprint density at radius 1 is 1.00 bits per heavy atom. The molecule has 5 nitrogen and oxygen atoms in total. The van der Waals surface area contributed by atoms with Gasteiger partial charge in [-0.2, -0.15) is 0 Å². The van der Waals surface area contributed by atoms with E-state index in [9.17, 15) is 9.18 Å². The standard InChI is InChI=1S/C23H29FN4O.2ClH/c1-14(2)20(26)9-8-19(25)13-27-23(29)22-12-17-11-16(5-10-21(17)28-22)15-3-6-18(24)7-4-15;;/h3-7,10-12,14,19-20,28H,8-9,13,25-26H2,1-2H3,(H,27,29);2*1H/t19-,20?;;/m0../s1. The van der Waals surface area contributed by atoms with E-state index in [1.165, 1.54) is 12.1 Å². The van der Waals surface area contributed by atoms with Crippen LogP contribution in [-0.4, -0.2) is 29.5 Å². The monoisotopic (exact) mass is 468 g/mol. The lowest BCUT2D eigenvalue weighted by Crippen LogP contribution is -2.39. The predicted molar refractivity (Wildman–Crippen MR) is 131 cm³/mol. The number of nitrogens with one attached hydrogen (secondary N) is 2. The van der Waals surface area contributed by atoms with Gasteiger partial charge >= 0.3 is 0 Å². The van der Waals surface area contributed by atoms with E-state index in [-0.39, 0.29) is 48.6 Å². The average molecular weight is 469 g/mol. The maximum atomic E-state index is 13.1. The Balaban J connectivity index is 0.00000240. The summed E-state index contributed by atoms with van der Waals surface area (Å²) < 4.78 is 13.1. The second-order valence-electron chi connectivity index (χ2n) is 7.95. The molecule has 0 bridgehead atoms. The molecule has 0 saturated carbocycles. The average Bonchev–Trinajstić information content (AvgIpc) is 3.14. The molecule has 0 fully saturated rings. The van der Waals surface area contributed by atoms with Crippen LogP contribution in [-0.2, 0) is 0 Å². The van der Waals surface area contributed by atoms with Gasteiger partial charge in [-0.1, -0.05) is 32.0 Å². The van der Waals surface area contributed by atoms with Crippen molar-refractivity contribution in [1.29, 1.82) is 0 Å². The van der Waals surface area contributed by atoms with Gasteiger partial charge in [0.2, 0.25) is 0 Å². The van der Waals surface area contributed by atoms with Gasteiger partial charge in [-0.15, -0.1) is 24.8 Å². The molecule has 1 amide bonds. The summed E-state index contributed by atoms with van der Waals surface area (Å²) in [6.45, 7) is 4.59. The number of fused-ring (bicyclic) bond motifs is 1. The molecule has 6 N–H and O–H groups in total. The molecular formula is C23H31Cl2FN4O. The van der Waals surface area contributed by atoms with E-state index in [2.05, 4.69) is 24.1 Å². The van der Waals surface area contributed by atoms with Crippen molar-refractivity contribution in [3.8, 4) is 11.1 Å². The number of carbonyl (C=O) groups excluding carboxylic acids is 1. The lowest BCUT2D eigenvalue weighted by Gasteiger charge is -2.18. The number of rotatable bonds is 8. The zero-order valence-corrected chi connectivity index (χ0v) is 19.4. The number of benzene rings is 2. The Hall–Kier alpha value is -2.12. The SMILES string of the molecule is CC(C)C(N)CC[C@H](N)CNC(=O)c1cc2cc(-c3ccc(F)cc3)ccc2[nH]1.Cl.Cl. The van der Waals surface area contributed by atoms with E-state index in [0.717, 1.165) is 34.9 Å². The highest BCUT2D eigenvalue weighted by Gasteiger charge is 2.14. The first-order valence-corrected chi connectivity index (χ1v) is 10.0. The summed E-state index contributed by atoms with van der Waals surface area (Å²) in [4.78, 5) is 15.6. The van der Waals surface area contributed by atoms with Gasteiger partial charge in [-0.25, -0.2) is 4.39 Å². The van der Waals surface area contributed by atoms with Crippen LogP contribution in [0.4, 0.5) is 4.39 Å². The highest BCUT2D eigenvalue weighted by Crippen LogP contribution is 2.25. The van der Waals surface area contributed by atoms with Crippen molar-refractivity contribution in [3.05, 3.63) is 60.0 Å². The number of halogens is 3. The van der Waals surface area contributed by atoms with Crippen molar-refractivity contribution in [3.63, 3.8) is 0 Å². The molecule has 0 spiro atoms. The zero-order chi connectivity index (χ0) is 21.0. The number of hydrogen-bond acceptors (Lipinski definition) is 3. The second kappa shape index (κ2) is 12.1. The third-order valence-electron chi connectivity index (χ3n) is 5.29. The first-order chi connectivity index (χ1) is 13.8. The van der Waals surface area contributed by atoms with Crippen LogP contribution < -0.4 is 16.8 Å². The number of aromatic nitrogens is 1. The summed E-state index contributed by atoms with van der Waals surface area (Å²) in [6, 6.07) is 14.0. The van der Waals surface area contributed by atoms with E-state index in [1.54, 1.807) is 12.1 Å². The van der Waals surface area contributed by atoms with Crippen LogP contribution in [0.1, 0.15) is 37.2 Å². The van der Waals surface area contributed by atoms with Crippen LogP contribution in [0.15, 0.2) is 48.5 Å². The van der Waals surface area contributed by atoms with Crippen LogP contribution in [0.3, 0.4) is 0 Å². The summed E-state index contributed by atoms with van der Waals surface area (Å²) in [5, 5.41) is 3.81. The zero-order valence-electron chi connectivity index (χ0n) is 17.7. The van der Waals surface area contributed by atoms with Gasteiger partial charge in [-0.3, -0.25) is 4.79 Å². The van der Waals surface area contributed by atoms with Crippen molar-refractivity contribution in [2.45, 2.75) is 38.8 Å². The molecule has 0 saturated heterocycles. The molecule has 8 heteroatoms. The molecule has 3 aromatic rings. The summed E-state index contributed by atoms with van der Waals surface area (Å²) in [7, 11) is 0. The number of amides is 1. The van der Waals surface area contributed by atoms with E-state index in [4.69, 9.17) is 11.5 Å². The van der Waals surface area contributed by atoms with Gasteiger partial charge in [0, 0.05) is 29.5 Å². The quantitative estimate of drug-likeness (QED) is 0.387. The highest BCUT2D eigenvalue weighted by molar-refractivity contribution is 5.98. The normalized spacial score (nSPS) is 12.7. The van der Waals surface area contributed by atoms with Gasteiger partial charge in [0.15, 0.2) is 0 Å². The van der Waals surface area contributed by atoms with Crippen LogP contribution >= 0.6 is 24.8 Å². The van der Waals surface area contributed by atoms with Crippen LogP contribution in [0, 0.1) is 11.7 Å². The van der Waals surface area contributed by atoms with Gasteiger partial charge in [0.05, 0.1) is 0 Å². The summed E-state index contributed by atoms with van der Waals surface area (Å²) in [5.41, 5.74) is 15.4. The largest absolute Gasteiger partial charge is 0.351 e. The number of carbonyl (C=O) groups is 1. The molecule has 1 unspecified atom stereocenters. The Kier molecular flexibility index (Phi) is 10.5. The lowest BCUT2D eigenvalue weighted by atomic mass is 9.98. The van der Waals surface area contributed by atoms with Crippen molar-refractivity contribution < 1.29 is 9.18 Å². The van der Waals surface area contributed by atoms with Crippen molar-refractivity contribution in [2.24, 2.45) is 17.4 Å². The molecule has 0 aliphatic carbocycles. The minimum absolute atomic E-state index is 0. The number of H-pyrrole nitrogens is 1. The van der Waals surface area contributed by atoms with E-state index < -0.39 is 0 Å². The van der Waals surface area contributed by atoms with E-state index in [0.29, 0.717) is 18.2 Å². The van der Waals surface area contributed by atoms with Gasteiger partial charge < -0.3 is 21.8 Å². The minimum Gasteiger partial charge on any atom is -0.351 e. The lowest BCUT2D eigenvalue weighted by molar-refractivity contribution is 0.0946. The summed E-state index contributed by atoms with van der Waals surface area (Å²) in [6.07, 6.45) is 1.61. The topological polar surface area (TPSA) is 96.9 Å². The molecule has 1 aromatic heterocycles. The third kappa shape index (κ3) is 7.21. The van der Waals surface area contributed by atoms with Crippen molar-refractivity contribution >= 4 is 41.6 Å². The summed E-state index contributed by atoms with van der Waals surface area (Å²) in [5.74, 6) is -0.0316. The Morgan fingerprint density at radius 2 is 1.65 bits per heavy atom. The number of hydrogen-bond donors (Lipinski definition) is 4. The van der Waals surface area contributed by atoms with Gasteiger partial charge in [0.1, 0.15) is 11.5 Å². The molecular weight excluding hydrogens is 438 g/mol. The Labute approximate surface area is 195 Å². The fourth-order valence-electron chi connectivity index (χ4n) is 3.24. The molecule has 170 valence electrons. The molecule has 1 heterocycles. The minimum atomic E-state index is -0.264. The van der Waals surface area contributed by atoms with Crippen LogP contribution in [0.25, 0.3) is 22.0 Å². The fourth-order valence-corrected chi connectivity index (χ4v) is 3.24. The first-order valence-electron chi connectivity index (χ1n) is 10.0. The number of nitrogens with two attached hydrogens (primary N) is 2. The second-order valence-corrected chi connectivity index (χ2v) is 7.95. The fraction of sp³-hybridized carbons (Fsp3) is 0.348. The van der Waals surface area contributed by atoms with Crippen LogP contribution in [0.5, 0.6) is 0 Å².